The van der Waals surface area contributed by atoms with Crippen molar-refractivity contribution in [1.29, 1.82) is 0 Å². The Morgan fingerprint density at radius 2 is 2.17 bits per heavy atom. The minimum Gasteiger partial charge on any atom is -0.466 e. The Morgan fingerprint density at radius 1 is 1.39 bits per heavy atom. The van der Waals surface area contributed by atoms with Crippen molar-refractivity contribution in [2.45, 2.75) is 26.8 Å². The van der Waals surface area contributed by atoms with Gasteiger partial charge in [0, 0.05) is 17.1 Å². The van der Waals surface area contributed by atoms with Crippen molar-refractivity contribution in [3.8, 4) is 0 Å². The van der Waals surface area contributed by atoms with Crippen LogP contribution in [-0.4, -0.2) is 28.0 Å². The Kier molecular flexibility index (Phi) is 5.64. The number of carbonyl (C=O) groups is 2. The van der Waals surface area contributed by atoms with E-state index in [-0.39, 0.29) is 30.4 Å². The fraction of sp³-hybridized carbons (Fsp3) is 0.333. The van der Waals surface area contributed by atoms with Gasteiger partial charge in [-0.2, -0.15) is 0 Å². The van der Waals surface area contributed by atoms with Crippen molar-refractivity contribution in [2.75, 3.05) is 11.9 Å². The summed E-state index contributed by atoms with van der Waals surface area (Å²) in [5.41, 5.74) is 1.01. The summed E-state index contributed by atoms with van der Waals surface area (Å²) in [6, 6.07) is 4.81. The van der Waals surface area contributed by atoms with Crippen LogP contribution in [-0.2, 0) is 27.3 Å². The largest absolute Gasteiger partial charge is 0.466 e. The van der Waals surface area contributed by atoms with E-state index in [1.54, 1.807) is 31.4 Å². The number of pyridine rings is 1. The van der Waals surface area contributed by atoms with Gasteiger partial charge in [0.1, 0.15) is 6.54 Å². The van der Waals surface area contributed by atoms with Crippen LogP contribution in [0.5, 0.6) is 0 Å². The molecule has 2 aromatic rings. The maximum Gasteiger partial charge on any atom is 0.311 e. The second kappa shape index (κ2) is 7.68. The molecule has 0 bridgehead atoms. The summed E-state index contributed by atoms with van der Waals surface area (Å²) in [7, 11) is 0. The van der Waals surface area contributed by atoms with Gasteiger partial charge in [-0.15, -0.1) is 11.3 Å². The average molecular weight is 335 g/mol. The number of nitrogens with one attached hydrogen (secondary N) is 1. The number of hydrogen-bond donors (Lipinski definition) is 1. The normalized spacial score (nSPS) is 10.3. The number of thiazole rings is 1. The van der Waals surface area contributed by atoms with Crippen molar-refractivity contribution in [3.63, 3.8) is 0 Å². The molecule has 0 saturated carbocycles. The number of anilines is 1. The lowest BCUT2D eigenvalue weighted by Crippen LogP contribution is -2.28. The minimum atomic E-state index is -0.359. The van der Waals surface area contributed by atoms with E-state index in [9.17, 15) is 14.4 Å². The quantitative estimate of drug-likeness (QED) is 0.805. The first-order chi connectivity index (χ1) is 11.0. The molecule has 0 unspecified atom stereocenters. The second-order valence-corrected chi connectivity index (χ2v) is 5.62. The Labute approximate surface area is 136 Å². The SMILES string of the molecule is CCOC(=O)Cc1csc(NC(=O)Cn2c(C)cccc2=O)n1. The third-order valence-corrected chi connectivity index (χ3v) is 3.81. The predicted octanol–water partition coefficient (Wildman–Crippen LogP) is 1.36. The van der Waals surface area contributed by atoms with Gasteiger partial charge in [0.2, 0.25) is 5.91 Å². The number of amides is 1. The number of carbonyl (C=O) groups excluding carboxylic acids is 2. The molecule has 0 saturated heterocycles. The molecule has 2 rings (SSSR count). The van der Waals surface area contributed by atoms with Crippen molar-refractivity contribution in [1.82, 2.24) is 9.55 Å². The van der Waals surface area contributed by atoms with Crippen LogP contribution in [0.25, 0.3) is 0 Å². The summed E-state index contributed by atoms with van der Waals surface area (Å²) in [4.78, 5) is 39.3. The lowest BCUT2D eigenvalue weighted by Gasteiger charge is -2.08. The van der Waals surface area contributed by atoms with Crippen LogP contribution < -0.4 is 10.9 Å². The van der Waals surface area contributed by atoms with Crippen molar-refractivity contribution in [2.24, 2.45) is 0 Å². The lowest BCUT2D eigenvalue weighted by molar-refractivity contribution is -0.142. The Bertz CT molecular complexity index is 766. The summed E-state index contributed by atoms with van der Waals surface area (Å²) >= 11 is 1.22. The van der Waals surface area contributed by atoms with Crippen LogP contribution in [0.4, 0.5) is 5.13 Å². The van der Waals surface area contributed by atoms with Crippen LogP contribution in [0.15, 0.2) is 28.4 Å². The van der Waals surface area contributed by atoms with Gasteiger partial charge < -0.3 is 14.6 Å². The Balaban J connectivity index is 1.97. The Hall–Kier alpha value is -2.48. The summed E-state index contributed by atoms with van der Waals surface area (Å²) in [6.07, 6.45) is 0.0669. The molecule has 0 fully saturated rings. The number of aromatic nitrogens is 2. The molecular formula is C15H17N3O4S. The maximum absolute atomic E-state index is 12.0. The summed E-state index contributed by atoms with van der Waals surface area (Å²) < 4.78 is 6.22. The molecule has 122 valence electrons. The molecule has 0 aliphatic carbocycles. The standard InChI is InChI=1S/C15H17N3O4S/c1-3-22-14(21)7-11-9-23-15(16-11)17-12(19)8-18-10(2)5-4-6-13(18)20/h4-6,9H,3,7-8H2,1-2H3,(H,16,17,19). The zero-order chi connectivity index (χ0) is 16.8. The topological polar surface area (TPSA) is 90.3 Å². The molecule has 7 nitrogen and oxygen atoms in total. The summed E-state index contributed by atoms with van der Waals surface area (Å²) in [5, 5.41) is 4.70. The first kappa shape index (κ1) is 16.9. The third-order valence-electron chi connectivity index (χ3n) is 3.00. The van der Waals surface area contributed by atoms with E-state index < -0.39 is 0 Å². The van der Waals surface area contributed by atoms with E-state index in [1.165, 1.54) is 22.0 Å². The molecule has 0 atom stereocenters. The third kappa shape index (κ3) is 4.75. The highest BCUT2D eigenvalue weighted by Crippen LogP contribution is 2.16. The highest BCUT2D eigenvalue weighted by molar-refractivity contribution is 7.13. The van der Waals surface area contributed by atoms with Crippen LogP contribution in [0, 0.1) is 6.92 Å². The molecule has 1 amide bonds. The molecule has 0 spiro atoms. The fourth-order valence-corrected chi connectivity index (χ4v) is 2.66. The summed E-state index contributed by atoms with van der Waals surface area (Å²) in [6.45, 7) is 3.73. The van der Waals surface area contributed by atoms with Gasteiger partial charge in [-0.25, -0.2) is 4.98 Å². The molecule has 23 heavy (non-hydrogen) atoms. The number of nitrogens with zero attached hydrogens (tertiary/aromatic N) is 2. The predicted molar refractivity (Wildman–Crippen MR) is 86.5 cm³/mol. The van der Waals surface area contributed by atoms with Crippen molar-refractivity contribution in [3.05, 3.63) is 45.3 Å². The zero-order valence-electron chi connectivity index (χ0n) is 12.9. The van der Waals surface area contributed by atoms with Crippen LogP contribution >= 0.6 is 11.3 Å². The van der Waals surface area contributed by atoms with Crippen molar-refractivity contribution >= 4 is 28.3 Å². The van der Waals surface area contributed by atoms with E-state index in [4.69, 9.17) is 4.74 Å². The van der Waals surface area contributed by atoms with Gasteiger partial charge >= 0.3 is 5.97 Å². The van der Waals surface area contributed by atoms with Gasteiger partial charge in [0.25, 0.3) is 5.56 Å². The molecule has 2 heterocycles. The van der Waals surface area contributed by atoms with E-state index in [2.05, 4.69) is 10.3 Å². The molecule has 0 aliphatic rings. The number of esters is 1. The monoisotopic (exact) mass is 335 g/mol. The van der Waals surface area contributed by atoms with Crippen LogP contribution in [0.2, 0.25) is 0 Å². The van der Waals surface area contributed by atoms with Gasteiger partial charge in [-0.1, -0.05) is 6.07 Å². The number of ether oxygens (including phenoxy) is 1. The zero-order valence-corrected chi connectivity index (χ0v) is 13.7. The Morgan fingerprint density at radius 3 is 2.87 bits per heavy atom. The van der Waals surface area contributed by atoms with E-state index in [0.717, 1.165) is 0 Å². The molecule has 0 radical (unpaired) electrons. The first-order valence-electron chi connectivity index (χ1n) is 7.06. The van der Waals surface area contributed by atoms with E-state index >= 15 is 0 Å². The molecule has 0 aliphatic heterocycles. The van der Waals surface area contributed by atoms with Crippen LogP contribution in [0.1, 0.15) is 18.3 Å². The fourth-order valence-electron chi connectivity index (χ4n) is 1.93. The average Bonchev–Trinajstić information content (AvgIpc) is 2.90. The maximum atomic E-state index is 12.0. The van der Waals surface area contributed by atoms with Crippen molar-refractivity contribution < 1.29 is 14.3 Å². The number of aryl methyl sites for hydroxylation is 1. The molecule has 1 N–H and O–H groups in total. The summed E-state index contributed by atoms with van der Waals surface area (Å²) in [5.74, 6) is -0.708. The molecule has 2 aromatic heterocycles. The lowest BCUT2D eigenvalue weighted by atomic mass is 10.3. The van der Waals surface area contributed by atoms with E-state index in [1.807, 2.05) is 0 Å². The molecule has 0 aromatic carbocycles. The van der Waals surface area contributed by atoms with E-state index in [0.29, 0.717) is 23.1 Å². The van der Waals surface area contributed by atoms with Gasteiger partial charge in [-0.3, -0.25) is 14.4 Å². The first-order valence-corrected chi connectivity index (χ1v) is 7.94. The smallest absolute Gasteiger partial charge is 0.311 e. The molecule has 8 heteroatoms. The van der Waals surface area contributed by atoms with Crippen LogP contribution in [0.3, 0.4) is 0 Å². The number of hydrogen-bond acceptors (Lipinski definition) is 6. The molecular weight excluding hydrogens is 318 g/mol. The highest BCUT2D eigenvalue weighted by atomic mass is 32.1. The van der Waals surface area contributed by atoms with Gasteiger partial charge in [-0.05, 0) is 19.9 Å². The highest BCUT2D eigenvalue weighted by Gasteiger charge is 2.11. The van der Waals surface area contributed by atoms with Gasteiger partial charge in [0.15, 0.2) is 5.13 Å². The second-order valence-electron chi connectivity index (χ2n) is 4.77. The minimum absolute atomic E-state index is 0.0669. The van der Waals surface area contributed by atoms with Gasteiger partial charge in [0.05, 0.1) is 18.7 Å². The number of rotatable bonds is 6.